The van der Waals surface area contributed by atoms with Gasteiger partial charge >= 0.3 is 0 Å². The van der Waals surface area contributed by atoms with Gasteiger partial charge in [0.05, 0.1) is 6.04 Å². The van der Waals surface area contributed by atoms with Gasteiger partial charge in [-0.15, -0.1) is 0 Å². The van der Waals surface area contributed by atoms with Crippen LogP contribution in [0.4, 0.5) is 0 Å². The number of hydrogen-bond acceptors (Lipinski definition) is 5. The van der Waals surface area contributed by atoms with E-state index in [1.54, 1.807) is 6.92 Å². The van der Waals surface area contributed by atoms with Crippen LogP contribution in [0.1, 0.15) is 20.8 Å². The summed E-state index contributed by atoms with van der Waals surface area (Å²) < 4.78 is 0. The Labute approximate surface area is 77.6 Å². The van der Waals surface area contributed by atoms with Gasteiger partial charge in [-0.05, 0) is 20.8 Å². The van der Waals surface area contributed by atoms with E-state index in [0.29, 0.717) is 0 Å². The molecule has 0 amide bonds. The summed E-state index contributed by atoms with van der Waals surface area (Å²) in [7, 11) is 0. The Bertz CT molecular complexity index is 227. The maximum atomic E-state index is 11.2. The summed E-state index contributed by atoms with van der Waals surface area (Å²) in [6.45, 7) is 4.13. The number of hydrogen-bond donors (Lipinski definition) is 3. The molecular formula is C8H17N3O2. The van der Waals surface area contributed by atoms with Crippen LogP contribution in [-0.4, -0.2) is 29.2 Å². The van der Waals surface area contributed by atoms with Gasteiger partial charge in [0.25, 0.3) is 0 Å². The highest BCUT2D eigenvalue weighted by Crippen LogP contribution is 2.12. The number of Topliss-reactive ketones (excluding diaryl/α,β-unsaturated/α-hetero) is 2. The molecule has 0 aliphatic carbocycles. The van der Waals surface area contributed by atoms with Crippen LogP contribution < -0.4 is 17.2 Å². The Morgan fingerprint density at radius 3 is 1.69 bits per heavy atom. The van der Waals surface area contributed by atoms with Crippen molar-refractivity contribution < 1.29 is 9.59 Å². The van der Waals surface area contributed by atoms with E-state index in [-0.39, 0.29) is 11.6 Å². The van der Waals surface area contributed by atoms with Crippen molar-refractivity contribution in [1.29, 1.82) is 0 Å². The number of carbonyl (C=O) groups is 2. The van der Waals surface area contributed by atoms with Crippen molar-refractivity contribution in [3.63, 3.8) is 0 Å². The summed E-state index contributed by atoms with van der Waals surface area (Å²) in [5, 5.41) is 0. The third-order valence-corrected chi connectivity index (χ3v) is 2.32. The summed E-state index contributed by atoms with van der Waals surface area (Å²) in [5.41, 5.74) is 15.3. The zero-order chi connectivity index (χ0) is 10.8. The Hall–Kier alpha value is -0.780. The van der Waals surface area contributed by atoms with E-state index in [9.17, 15) is 9.59 Å². The van der Waals surface area contributed by atoms with Crippen LogP contribution >= 0.6 is 0 Å². The molecule has 76 valence electrons. The lowest BCUT2D eigenvalue weighted by Crippen LogP contribution is -2.70. The average molecular weight is 187 g/mol. The second-order valence-electron chi connectivity index (χ2n) is 3.37. The van der Waals surface area contributed by atoms with Gasteiger partial charge in [0.1, 0.15) is 11.3 Å². The van der Waals surface area contributed by atoms with Crippen LogP contribution in [0.25, 0.3) is 0 Å². The molecule has 0 rings (SSSR count). The molecule has 0 aromatic heterocycles. The summed E-state index contributed by atoms with van der Waals surface area (Å²) in [4.78, 5) is 22.2. The van der Waals surface area contributed by atoms with E-state index < -0.39 is 17.6 Å². The zero-order valence-electron chi connectivity index (χ0n) is 8.20. The first-order chi connectivity index (χ1) is 5.74. The molecule has 6 N–H and O–H groups in total. The van der Waals surface area contributed by atoms with Crippen LogP contribution in [0.15, 0.2) is 0 Å². The van der Waals surface area contributed by atoms with Crippen molar-refractivity contribution in [2.24, 2.45) is 17.2 Å². The first kappa shape index (κ1) is 12.2. The lowest BCUT2D eigenvalue weighted by Gasteiger charge is -2.34. The maximum absolute atomic E-state index is 11.2. The molecule has 0 saturated carbocycles. The van der Waals surface area contributed by atoms with Gasteiger partial charge < -0.3 is 17.2 Å². The van der Waals surface area contributed by atoms with E-state index in [1.165, 1.54) is 13.8 Å². The quantitative estimate of drug-likeness (QED) is 0.497. The van der Waals surface area contributed by atoms with Crippen LogP contribution in [0, 0.1) is 0 Å². The molecule has 0 saturated heterocycles. The molecule has 3 atom stereocenters. The monoisotopic (exact) mass is 187 g/mol. The minimum Gasteiger partial charge on any atom is -0.326 e. The number of rotatable bonds is 4. The summed E-state index contributed by atoms with van der Waals surface area (Å²) >= 11 is 0. The second-order valence-corrected chi connectivity index (χ2v) is 3.37. The third kappa shape index (κ3) is 2.12. The van der Waals surface area contributed by atoms with E-state index in [0.717, 1.165) is 0 Å². The fourth-order valence-electron chi connectivity index (χ4n) is 1.16. The topological polar surface area (TPSA) is 112 Å². The molecule has 0 aliphatic rings. The first-order valence-electron chi connectivity index (χ1n) is 4.06. The molecule has 0 aromatic rings. The average Bonchev–Trinajstić information content (AvgIpc) is 2.00. The predicted molar refractivity (Wildman–Crippen MR) is 49.9 cm³/mol. The van der Waals surface area contributed by atoms with Gasteiger partial charge in [0.2, 0.25) is 0 Å². The SMILES string of the molecule is CC(=O)C(N)C(N)(C(C)=O)C(C)N. The molecule has 0 aromatic carbocycles. The number of ketones is 2. The number of nitrogens with two attached hydrogens (primary N) is 3. The highest BCUT2D eigenvalue weighted by molar-refractivity contribution is 5.96. The summed E-state index contributed by atoms with van der Waals surface area (Å²) in [6.07, 6.45) is 0. The molecule has 3 unspecified atom stereocenters. The van der Waals surface area contributed by atoms with E-state index >= 15 is 0 Å². The van der Waals surface area contributed by atoms with Crippen LogP contribution in [0.5, 0.6) is 0 Å². The molecule has 0 fully saturated rings. The molecule has 0 heterocycles. The molecule has 0 radical (unpaired) electrons. The largest absolute Gasteiger partial charge is 0.326 e. The van der Waals surface area contributed by atoms with E-state index in [4.69, 9.17) is 17.2 Å². The minimum absolute atomic E-state index is 0.338. The normalized spacial score (nSPS) is 20.2. The molecule has 5 heteroatoms. The minimum atomic E-state index is -1.45. The Morgan fingerprint density at radius 2 is 1.62 bits per heavy atom. The van der Waals surface area contributed by atoms with Gasteiger partial charge in [-0.25, -0.2) is 0 Å². The Kier molecular flexibility index (Phi) is 3.71. The summed E-state index contributed by atoms with van der Waals surface area (Å²) in [6, 6.07) is -1.69. The van der Waals surface area contributed by atoms with Gasteiger partial charge in [0, 0.05) is 6.04 Å². The lowest BCUT2D eigenvalue weighted by atomic mass is 9.80. The van der Waals surface area contributed by atoms with Crippen LogP contribution in [-0.2, 0) is 9.59 Å². The van der Waals surface area contributed by atoms with Gasteiger partial charge in [0.15, 0.2) is 5.78 Å². The number of carbonyl (C=O) groups excluding carboxylic acids is 2. The fourth-order valence-corrected chi connectivity index (χ4v) is 1.16. The Morgan fingerprint density at radius 1 is 1.23 bits per heavy atom. The van der Waals surface area contributed by atoms with Crippen molar-refractivity contribution in [3.05, 3.63) is 0 Å². The highest BCUT2D eigenvalue weighted by atomic mass is 16.1. The van der Waals surface area contributed by atoms with Gasteiger partial charge in [-0.3, -0.25) is 9.59 Å². The molecule has 13 heavy (non-hydrogen) atoms. The molecule has 5 nitrogen and oxygen atoms in total. The van der Waals surface area contributed by atoms with E-state index in [2.05, 4.69) is 0 Å². The van der Waals surface area contributed by atoms with Crippen molar-refractivity contribution >= 4 is 11.6 Å². The maximum Gasteiger partial charge on any atom is 0.153 e. The van der Waals surface area contributed by atoms with Crippen molar-refractivity contribution in [2.75, 3.05) is 0 Å². The fraction of sp³-hybridized carbons (Fsp3) is 0.750. The molecule has 0 aliphatic heterocycles. The molecule has 0 spiro atoms. The molecule has 0 bridgehead atoms. The van der Waals surface area contributed by atoms with Crippen molar-refractivity contribution in [3.8, 4) is 0 Å². The van der Waals surface area contributed by atoms with Gasteiger partial charge in [-0.2, -0.15) is 0 Å². The van der Waals surface area contributed by atoms with Crippen LogP contribution in [0.2, 0.25) is 0 Å². The highest BCUT2D eigenvalue weighted by Gasteiger charge is 2.43. The van der Waals surface area contributed by atoms with Crippen molar-refractivity contribution in [2.45, 2.75) is 38.4 Å². The molecular weight excluding hydrogens is 170 g/mol. The predicted octanol–water partition coefficient (Wildman–Crippen LogP) is -1.46. The van der Waals surface area contributed by atoms with Crippen molar-refractivity contribution in [1.82, 2.24) is 0 Å². The second kappa shape index (κ2) is 3.95. The third-order valence-electron chi connectivity index (χ3n) is 2.32. The van der Waals surface area contributed by atoms with Gasteiger partial charge in [-0.1, -0.05) is 0 Å². The Balaban J connectivity index is 5.01. The first-order valence-corrected chi connectivity index (χ1v) is 4.06. The smallest absolute Gasteiger partial charge is 0.153 e. The van der Waals surface area contributed by atoms with E-state index in [1.807, 2.05) is 0 Å². The van der Waals surface area contributed by atoms with Crippen LogP contribution in [0.3, 0.4) is 0 Å². The zero-order valence-corrected chi connectivity index (χ0v) is 8.20. The lowest BCUT2D eigenvalue weighted by molar-refractivity contribution is -0.129. The summed E-state index contributed by atoms with van der Waals surface area (Å²) in [5.74, 6) is -0.708. The standard InChI is InChI=1S/C8H17N3O2/c1-4(12)7(10)8(11,5(2)9)6(3)13/h5,7H,9-11H2,1-3H3.